The summed E-state index contributed by atoms with van der Waals surface area (Å²) in [5.74, 6) is 0.297. The first-order valence-electron chi connectivity index (χ1n) is 5.85. The molecule has 0 spiro atoms. The van der Waals surface area contributed by atoms with Crippen molar-refractivity contribution in [1.29, 1.82) is 0 Å². The predicted molar refractivity (Wildman–Crippen MR) is 64.8 cm³/mol. The Balaban J connectivity index is 2.65. The summed E-state index contributed by atoms with van der Waals surface area (Å²) in [4.78, 5) is 0. The normalized spacial score (nSPS) is 13.5. The van der Waals surface area contributed by atoms with Crippen LogP contribution in [0, 0.1) is 5.82 Å². The first-order chi connectivity index (χ1) is 9.81. The highest BCUT2D eigenvalue weighted by Crippen LogP contribution is 2.25. The van der Waals surface area contributed by atoms with Crippen LogP contribution in [-0.4, -0.2) is 32.7 Å². The summed E-state index contributed by atoms with van der Waals surface area (Å²) in [7, 11) is 1.28. The van der Waals surface area contributed by atoms with E-state index in [2.05, 4.69) is 10.2 Å². The predicted octanol–water partition coefficient (Wildman–Crippen LogP) is 2.26. The third-order valence-electron chi connectivity index (χ3n) is 2.68. The average Bonchev–Trinajstić information content (AvgIpc) is 2.43. The first kappa shape index (κ1) is 17.6. The van der Waals surface area contributed by atoms with E-state index in [0.717, 1.165) is 6.07 Å². The van der Waals surface area contributed by atoms with E-state index >= 15 is 0 Å². The van der Waals surface area contributed by atoms with Gasteiger partial charge in [0.2, 0.25) is 0 Å². The summed E-state index contributed by atoms with van der Waals surface area (Å²) in [5.41, 5.74) is 2.54. The van der Waals surface area contributed by atoms with E-state index in [4.69, 9.17) is 10.6 Å². The van der Waals surface area contributed by atoms with Gasteiger partial charge >= 0.3 is 12.3 Å². The molecule has 0 radical (unpaired) electrons. The van der Waals surface area contributed by atoms with Gasteiger partial charge in [0.1, 0.15) is 6.61 Å². The molecule has 0 heterocycles. The van der Waals surface area contributed by atoms with E-state index in [-0.39, 0.29) is 5.75 Å². The minimum absolute atomic E-state index is 0.000302. The van der Waals surface area contributed by atoms with Crippen molar-refractivity contribution in [3.8, 4) is 5.75 Å². The zero-order valence-corrected chi connectivity index (χ0v) is 11.1. The molecule has 0 fully saturated rings. The lowest BCUT2D eigenvalue weighted by molar-refractivity contribution is -0.167. The zero-order chi connectivity index (χ0) is 16.0. The third kappa shape index (κ3) is 4.80. The molecular weight excluding hydrogens is 299 g/mol. The number of halogens is 5. The molecule has 120 valence electrons. The summed E-state index contributed by atoms with van der Waals surface area (Å²) in [6.07, 6.45) is -3.82. The fraction of sp³-hybridized carbons (Fsp3) is 0.500. The SMILES string of the molecule is COc1ccc(C(COCC(F)(F)C(F)F)NN)cc1F. The van der Waals surface area contributed by atoms with Gasteiger partial charge in [0.05, 0.1) is 19.8 Å². The molecule has 1 rings (SSSR count). The van der Waals surface area contributed by atoms with E-state index in [1.54, 1.807) is 0 Å². The highest BCUT2D eigenvalue weighted by atomic mass is 19.3. The molecule has 21 heavy (non-hydrogen) atoms. The fourth-order valence-electron chi connectivity index (χ4n) is 1.52. The maximum absolute atomic E-state index is 13.5. The van der Waals surface area contributed by atoms with Gasteiger partial charge in [0.25, 0.3) is 0 Å². The smallest absolute Gasteiger partial charge is 0.330 e. The lowest BCUT2D eigenvalue weighted by Crippen LogP contribution is -2.36. The lowest BCUT2D eigenvalue weighted by atomic mass is 10.1. The van der Waals surface area contributed by atoms with Gasteiger partial charge in [-0.25, -0.2) is 13.2 Å². The average molecular weight is 314 g/mol. The molecule has 1 atom stereocenters. The largest absolute Gasteiger partial charge is 0.494 e. The molecule has 0 saturated carbocycles. The van der Waals surface area contributed by atoms with Crippen molar-refractivity contribution < 1.29 is 31.4 Å². The van der Waals surface area contributed by atoms with Crippen LogP contribution in [0.3, 0.4) is 0 Å². The molecule has 0 aliphatic rings. The van der Waals surface area contributed by atoms with Gasteiger partial charge in [0, 0.05) is 0 Å². The van der Waals surface area contributed by atoms with Gasteiger partial charge in [-0.3, -0.25) is 11.3 Å². The van der Waals surface area contributed by atoms with Crippen LogP contribution in [0.1, 0.15) is 11.6 Å². The van der Waals surface area contributed by atoms with Gasteiger partial charge in [0.15, 0.2) is 11.6 Å². The number of hydrazine groups is 1. The quantitative estimate of drug-likeness (QED) is 0.439. The molecule has 4 nitrogen and oxygen atoms in total. The van der Waals surface area contributed by atoms with Gasteiger partial charge in [-0.1, -0.05) is 6.07 Å². The molecular formula is C12H15F5N2O2. The van der Waals surface area contributed by atoms with Crippen LogP contribution in [0.25, 0.3) is 0 Å². The molecule has 0 amide bonds. The van der Waals surface area contributed by atoms with E-state index < -0.39 is 37.4 Å². The summed E-state index contributed by atoms with van der Waals surface area (Å²) in [6, 6.07) is 3.01. The van der Waals surface area contributed by atoms with E-state index in [0.29, 0.717) is 5.56 Å². The Morgan fingerprint density at radius 1 is 1.33 bits per heavy atom. The van der Waals surface area contributed by atoms with Crippen LogP contribution >= 0.6 is 0 Å². The molecule has 0 aromatic heterocycles. The van der Waals surface area contributed by atoms with Crippen molar-refractivity contribution in [2.75, 3.05) is 20.3 Å². The van der Waals surface area contributed by atoms with Gasteiger partial charge in [-0.15, -0.1) is 0 Å². The number of hydrogen-bond donors (Lipinski definition) is 2. The van der Waals surface area contributed by atoms with Crippen LogP contribution in [0.15, 0.2) is 18.2 Å². The zero-order valence-electron chi connectivity index (χ0n) is 11.1. The summed E-state index contributed by atoms with van der Waals surface area (Å²) in [5, 5.41) is 0. The number of alkyl halides is 4. The van der Waals surface area contributed by atoms with Crippen molar-refractivity contribution in [1.82, 2.24) is 5.43 Å². The number of methoxy groups -OCH3 is 1. The van der Waals surface area contributed by atoms with Crippen molar-refractivity contribution >= 4 is 0 Å². The van der Waals surface area contributed by atoms with Gasteiger partial charge < -0.3 is 9.47 Å². The molecule has 1 aromatic rings. The number of ether oxygens (including phenoxy) is 2. The van der Waals surface area contributed by atoms with Crippen LogP contribution in [0.2, 0.25) is 0 Å². The molecule has 0 saturated heterocycles. The monoisotopic (exact) mass is 314 g/mol. The Kier molecular flexibility index (Phi) is 6.31. The Bertz CT molecular complexity index is 459. The van der Waals surface area contributed by atoms with Crippen molar-refractivity contribution in [3.63, 3.8) is 0 Å². The summed E-state index contributed by atoms with van der Waals surface area (Å²) >= 11 is 0. The number of hydrogen-bond acceptors (Lipinski definition) is 4. The standard InChI is InChI=1S/C12H15F5N2O2/c1-20-10-3-2-7(4-8(10)13)9(19-18)5-21-6-12(16,17)11(14)15/h2-4,9,11,19H,5-6,18H2,1H3. The Labute approximate surface area is 118 Å². The van der Waals surface area contributed by atoms with Crippen LogP contribution in [0.5, 0.6) is 5.75 Å². The Morgan fingerprint density at radius 3 is 2.48 bits per heavy atom. The van der Waals surface area contributed by atoms with E-state index in [9.17, 15) is 22.0 Å². The number of rotatable bonds is 8. The van der Waals surface area contributed by atoms with Crippen LogP contribution < -0.4 is 16.0 Å². The van der Waals surface area contributed by atoms with Gasteiger partial charge in [-0.05, 0) is 17.7 Å². The second kappa shape index (κ2) is 7.53. The maximum Gasteiger partial charge on any atom is 0.330 e. The highest BCUT2D eigenvalue weighted by molar-refractivity contribution is 5.31. The van der Waals surface area contributed by atoms with Crippen molar-refractivity contribution in [2.24, 2.45) is 5.84 Å². The molecule has 1 unspecified atom stereocenters. The molecule has 3 N–H and O–H groups in total. The molecule has 9 heteroatoms. The highest BCUT2D eigenvalue weighted by Gasteiger charge is 2.41. The number of nitrogens with one attached hydrogen (secondary N) is 1. The number of benzene rings is 1. The molecule has 1 aromatic carbocycles. The van der Waals surface area contributed by atoms with E-state index in [1.807, 2.05) is 0 Å². The first-order valence-corrected chi connectivity index (χ1v) is 5.85. The minimum Gasteiger partial charge on any atom is -0.494 e. The summed E-state index contributed by atoms with van der Waals surface area (Å²) in [6.45, 7) is -1.88. The Hall–Kier alpha value is -1.45. The summed E-state index contributed by atoms with van der Waals surface area (Å²) < 4.78 is 72.0. The molecule has 0 aliphatic carbocycles. The van der Waals surface area contributed by atoms with Crippen LogP contribution in [0.4, 0.5) is 22.0 Å². The topological polar surface area (TPSA) is 56.5 Å². The van der Waals surface area contributed by atoms with Gasteiger partial charge in [-0.2, -0.15) is 8.78 Å². The second-order valence-corrected chi connectivity index (χ2v) is 4.19. The Morgan fingerprint density at radius 2 is 2.00 bits per heavy atom. The maximum atomic E-state index is 13.5. The molecule has 0 aliphatic heterocycles. The van der Waals surface area contributed by atoms with Crippen molar-refractivity contribution in [2.45, 2.75) is 18.4 Å². The second-order valence-electron chi connectivity index (χ2n) is 4.19. The minimum atomic E-state index is -4.25. The third-order valence-corrected chi connectivity index (χ3v) is 2.68. The van der Waals surface area contributed by atoms with E-state index in [1.165, 1.54) is 19.2 Å². The fourth-order valence-corrected chi connectivity index (χ4v) is 1.52. The van der Waals surface area contributed by atoms with Crippen molar-refractivity contribution in [3.05, 3.63) is 29.6 Å². The lowest BCUT2D eigenvalue weighted by Gasteiger charge is -2.20. The number of nitrogens with two attached hydrogens (primary N) is 1. The van der Waals surface area contributed by atoms with Crippen LogP contribution in [-0.2, 0) is 4.74 Å². The molecule has 0 bridgehead atoms.